The Morgan fingerprint density at radius 1 is 1.12 bits per heavy atom. The van der Waals surface area contributed by atoms with Crippen LogP contribution >= 0.6 is 11.3 Å². The zero-order chi connectivity index (χ0) is 24.2. The van der Waals surface area contributed by atoms with Gasteiger partial charge in [-0.1, -0.05) is 43.4 Å². The number of amides is 2. The summed E-state index contributed by atoms with van der Waals surface area (Å²) in [5.41, 5.74) is 3.55. The quantitative estimate of drug-likeness (QED) is 0.559. The lowest BCUT2D eigenvalue weighted by atomic mass is 10.1. The number of anilines is 2. The molecule has 4 rings (SSSR count). The lowest BCUT2D eigenvalue weighted by Gasteiger charge is -2.41. The van der Waals surface area contributed by atoms with Gasteiger partial charge in [0.05, 0.1) is 0 Å². The van der Waals surface area contributed by atoms with Crippen molar-refractivity contribution < 1.29 is 9.59 Å². The van der Waals surface area contributed by atoms with Crippen LogP contribution in [0.2, 0.25) is 0 Å². The summed E-state index contributed by atoms with van der Waals surface area (Å²) in [6.07, 6.45) is 0.796. The molecule has 1 aliphatic rings. The van der Waals surface area contributed by atoms with Crippen molar-refractivity contribution in [2.75, 3.05) is 29.9 Å². The summed E-state index contributed by atoms with van der Waals surface area (Å²) >= 11 is 1.31. The van der Waals surface area contributed by atoms with E-state index in [4.69, 9.17) is 0 Å². The highest BCUT2D eigenvalue weighted by Gasteiger charge is 2.27. The number of aryl methyl sites for hydroxylation is 1. The number of carbonyl (C=O) groups excluding carboxylic acids is 2. The van der Waals surface area contributed by atoms with Crippen LogP contribution in [0.15, 0.2) is 48.5 Å². The first kappa shape index (κ1) is 23.9. The summed E-state index contributed by atoms with van der Waals surface area (Å²) in [6, 6.07) is 15.8. The Balaban J connectivity index is 1.40. The van der Waals surface area contributed by atoms with Crippen LogP contribution in [-0.4, -0.2) is 52.6 Å². The minimum Gasteiger partial charge on any atom is -0.365 e. The first-order chi connectivity index (χ1) is 16.3. The molecule has 1 N–H and O–H groups in total. The molecule has 1 aliphatic heterocycles. The van der Waals surface area contributed by atoms with E-state index in [0.717, 1.165) is 18.0 Å². The number of aromatic nitrogens is 2. The van der Waals surface area contributed by atoms with Crippen LogP contribution < -0.4 is 10.2 Å². The third-order valence-electron chi connectivity index (χ3n) is 5.86. The molecule has 1 saturated heterocycles. The zero-order valence-corrected chi connectivity index (χ0v) is 20.9. The molecule has 2 heterocycles. The fourth-order valence-electron chi connectivity index (χ4n) is 4.21. The van der Waals surface area contributed by atoms with E-state index in [0.29, 0.717) is 35.3 Å². The number of nitrogens with one attached hydrogen (secondary N) is 1. The van der Waals surface area contributed by atoms with Crippen molar-refractivity contribution in [1.29, 1.82) is 0 Å². The lowest BCUT2D eigenvalue weighted by Crippen LogP contribution is -2.53. The summed E-state index contributed by atoms with van der Waals surface area (Å²) in [6.45, 7) is 10.5. The van der Waals surface area contributed by atoms with Crippen molar-refractivity contribution in [1.82, 2.24) is 15.1 Å². The van der Waals surface area contributed by atoms with Gasteiger partial charge in [0.25, 0.3) is 11.8 Å². The van der Waals surface area contributed by atoms with E-state index in [1.54, 1.807) is 24.3 Å². The van der Waals surface area contributed by atoms with Crippen molar-refractivity contribution in [2.45, 2.75) is 40.2 Å². The van der Waals surface area contributed by atoms with Crippen molar-refractivity contribution in [3.63, 3.8) is 0 Å². The van der Waals surface area contributed by atoms with E-state index >= 15 is 0 Å². The number of piperazine rings is 1. The summed E-state index contributed by atoms with van der Waals surface area (Å²) in [5, 5.41) is 12.2. The average molecular weight is 478 g/mol. The molecule has 0 radical (unpaired) electrons. The van der Waals surface area contributed by atoms with Gasteiger partial charge in [-0.05, 0) is 55.7 Å². The van der Waals surface area contributed by atoms with Crippen molar-refractivity contribution in [2.24, 2.45) is 5.92 Å². The molecule has 1 aromatic heterocycles. The van der Waals surface area contributed by atoms with Gasteiger partial charge in [-0.25, -0.2) is 0 Å². The molecule has 2 aromatic carbocycles. The second-order valence-corrected chi connectivity index (χ2v) is 10.3. The molecule has 2 amide bonds. The van der Waals surface area contributed by atoms with Gasteiger partial charge in [0, 0.05) is 49.0 Å². The van der Waals surface area contributed by atoms with Gasteiger partial charge in [-0.3, -0.25) is 9.59 Å². The monoisotopic (exact) mass is 477 g/mol. The van der Waals surface area contributed by atoms with Crippen LogP contribution in [0.1, 0.15) is 51.5 Å². The van der Waals surface area contributed by atoms with Crippen LogP contribution in [0.3, 0.4) is 0 Å². The molecular formula is C26H31N5O2S. The van der Waals surface area contributed by atoms with E-state index in [2.05, 4.69) is 72.4 Å². The lowest BCUT2D eigenvalue weighted by molar-refractivity contribution is 0.0726. The number of benzene rings is 2. The standard InChI is InChI=1S/C26H31N5O2S/c1-17(2)13-23-28-29-25(34-23)24(32)27-21-9-6-8-20(15-21)26(33)30-11-12-31(19(4)16-30)22-10-5-7-18(3)14-22/h5-10,14-15,17,19H,11-13,16H2,1-4H3,(H,27,32)/t19-/m0/s1. The van der Waals surface area contributed by atoms with Crippen LogP contribution in [0.4, 0.5) is 11.4 Å². The van der Waals surface area contributed by atoms with E-state index in [-0.39, 0.29) is 17.9 Å². The Kier molecular flexibility index (Phi) is 7.26. The summed E-state index contributed by atoms with van der Waals surface area (Å²) in [4.78, 5) is 30.1. The second kappa shape index (κ2) is 10.3. The van der Waals surface area contributed by atoms with Gasteiger partial charge >= 0.3 is 0 Å². The largest absolute Gasteiger partial charge is 0.365 e. The molecule has 0 bridgehead atoms. The fraction of sp³-hybridized carbons (Fsp3) is 0.385. The molecule has 0 aliphatic carbocycles. The van der Waals surface area contributed by atoms with Crippen LogP contribution in [-0.2, 0) is 6.42 Å². The average Bonchev–Trinajstić information content (AvgIpc) is 3.26. The predicted octanol–water partition coefficient (Wildman–Crippen LogP) is 4.65. The minimum atomic E-state index is -0.308. The van der Waals surface area contributed by atoms with Gasteiger partial charge in [0.1, 0.15) is 5.01 Å². The Bertz CT molecular complexity index is 1180. The van der Waals surface area contributed by atoms with Crippen molar-refractivity contribution in [3.8, 4) is 0 Å². The highest BCUT2D eigenvalue weighted by Crippen LogP contribution is 2.23. The topological polar surface area (TPSA) is 78.4 Å². The van der Waals surface area contributed by atoms with Crippen molar-refractivity contribution in [3.05, 3.63) is 69.7 Å². The maximum atomic E-state index is 13.2. The number of carbonyl (C=O) groups is 2. The Morgan fingerprint density at radius 3 is 2.65 bits per heavy atom. The number of hydrogen-bond donors (Lipinski definition) is 1. The summed E-state index contributed by atoms with van der Waals surface area (Å²) < 4.78 is 0. The summed E-state index contributed by atoms with van der Waals surface area (Å²) in [5.74, 6) is 0.118. The Labute approximate surface area is 204 Å². The molecule has 0 saturated carbocycles. The first-order valence-electron chi connectivity index (χ1n) is 11.7. The molecule has 3 aromatic rings. The molecule has 0 unspecified atom stereocenters. The van der Waals surface area contributed by atoms with Gasteiger partial charge < -0.3 is 15.1 Å². The van der Waals surface area contributed by atoms with E-state index < -0.39 is 0 Å². The zero-order valence-electron chi connectivity index (χ0n) is 20.1. The maximum absolute atomic E-state index is 13.2. The third kappa shape index (κ3) is 5.62. The van der Waals surface area contributed by atoms with Crippen LogP contribution in [0, 0.1) is 12.8 Å². The van der Waals surface area contributed by atoms with Gasteiger partial charge in [-0.2, -0.15) is 0 Å². The molecular weight excluding hydrogens is 446 g/mol. The number of hydrogen-bond acceptors (Lipinski definition) is 6. The number of nitrogens with zero attached hydrogens (tertiary/aromatic N) is 4. The first-order valence-corrected chi connectivity index (χ1v) is 12.5. The third-order valence-corrected chi connectivity index (χ3v) is 6.80. The maximum Gasteiger partial charge on any atom is 0.286 e. The smallest absolute Gasteiger partial charge is 0.286 e. The van der Waals surface area contributed by atoms with E-state index in [1.807, 2.05) is 4.90 Å². The van der Waals surface area contributed by atoms with Gasteiger partial charge in [0.15, 0.2) is 0 Å². The predicted molar refractivity (Wildman–Crippen MR) is 137 cm³/mol. The van der Waals surface area contributed by atoms with E-state index in [1.165, 1.54) is 22.6 Å². The number of rotatable bonds is 6. The molecule has 8 heteroatoms. The fourth-order valence-corrected chi connectivity index (χ4v) is 5.15. The Hall–Kier alpha value is -3.26. The normalized spacial score (nSPS) is 16.1. The van der Waals surface area contributed by atoms with Crippen molar-refractivity contribution >= 4 is 34.5 Å². The molecule has 178 valence electrons. The Morgan fingerprint density at radius 2 is 1.91 bits per heavy atom. The highest BCUT2D eigenvalue weighted by atomic mass is 32.1. The minimum absolute atomic E-state index is 0.0259. The molecule has 34 heavy (non-hydrogen) atoms. The molecule has 0 spiro atoms. The molecule has 1 fully saturated rings. The highest BCUT2D eigenvalue weighted by molar-refractivity contribution is 7.13. The van der Waals surface area contributed by atoms with E-state index in [9.17, 15) is 9.59 Å². The SMILES string of the molecule is Cc1cccc(N2CCN(C(=O)c3cccc(NC(=O)c4nnc(CC(C)C)s4)c3)C[C@@H]2C)c1. The van der Waals surface area contributed by atoms with Gasteiger partial charge in [0.2, 0.25) is 5.01 Å². The van der Waals surface area contributed by atoms with Crippen LogP contribution in [0.5, 0.6) is 0 Å². The molecule has 1 atom stereocenters. The van der Waals surface area contributed by atoms with Gasteiger partial charge in [-0.15, -0.1) is 10.2 Å². The molecule has 7 nitrogen and oxygen atoms in total. The second-order valence-electron chi connectivity index (χ2n) is 9.27. The summed E-state index contributed by atoms with van der Waals surface area (Å²) in [7, 11) is 0. The van der Waals surface area contributed by atoms with Crippen LogP contribution in [0.25, 0.3) is 0 Å².